The van der Waals surface area contributed by atoms with E-state index in [0.717, 1.165) is 23.2 Å². The van der Waals surface area contributed by atoms with Crippen LogP contribution >= 0.6 is 47.2 Å². The van der Waals surface area contributed by atoms with E-state index < -0.39 is 5.54 Å². The molecule has 2 aromatic carbocycles. The van der Waals surface area contributed by atoms with Crippen molar-refractivity contribution < 1.29 is 4.79 Å². The number of ketones is 1. The number of carbonyl (C=O) groups is 1. The molecule has 0 bridgehead atoms. The van der Waals surface area contributed by atoms with E-state index in [9.17, 15) is 4.79 Å². The molecule has 0 fully saturated rings. The molecule has 0 aromatic heterocycles. The van der Waals surface area contributed by atoms with Gasteiger partial charge in [0.1, 0.15) is 5.54 Å². The van der Waals surface area contributed by atoms with Crippen molar-refractivity contribution in [1.82, 2.24) is 4.90 Å². The van der Waals surface area contributed by atoms with Gasteiger partial charge in [0.15, 0.2) is 5.78 Å². The third kappa shape index (κ3) is 3.94. The molecule has 0 N–H and O–H groups in total. The first-order valence-electron chi connectivity index (χ1n) is 8.43. The summed E-state index contributed by atoms with van der Waals surface area (Å²) in [5.41, 5.74) is 2.05. The first kappa shape index (κ1) is 22.3. The molecule has 1 heterocycles. The Kier molecular flexibility index (Phi) is 7.10. The fraction of sp³-hybridized carbons (Fsp3) is 0.350. The second kappa shape index (κ2) is 8.59. The van der Waals surface area contributed by atoms with Crippen LogP contribution in [-0.2, 0) is 16.8 Å². The summed E-state index contributed by atoms with van der Waals surface area (Å²) >= 11 is 18.8. The molecule has 0 saturated heterocycles. The number of hydrogen-bond donors (Lipinski definition) is 0. The summed E-state index contributed by atoms with van der Waals surface area (Å²) in [5.74, 6) is 0.0699. The summed E-state index contributed by atoms with van der Waals surface area (Å²) in [5, 5.41) is 1.68. The molecule has 27 heavy (non-hydrogen) atoms. The molecule has 2 aromatic rings. The maximum absolute atomic E-state index is 13.1. The van der Waals surface area contributed by atoms with Crippen LogP contribution in [0.15, 0.2) is 36.4 Å². The number of halogens is 4. The van der Waals surface area contributed by atoms with Crippen molar-refractivity contribution in [1.29, 1.82) is 0 Å². The molecule has 1 aliphatic heterocycles. The largest absolute Gasteiger partial charge is 0.354 e. The predicted octanol–water partition coefficient (Wildman–Crippen LogP) is 5.48. The number of anilines is 1. The maximum atomic E-state index is 13.1. The van der Waals surface area contributed by atoms with Gasteiger partial charge < -0.3 is 9.80 Å². The molecule has 0 amide bonds. The molecule has 0 saturated carbocycles. The number of carbonyl (C=O) groups excluding carboxylic acids is 1. The number of likely N-dealkylation sites (N-methyl/N-ethyl adjacent to an activating group) is 1. The van der Waals surface area contributed by atoms with E-state index >= 15 is 0 Å². The Bertz CT molecular complexity index is 856. The van der Waals surface area contributed by atoms with Gasteiger partial charge in [0.2, 0.25) is 0 Å². The lowest BCUT2D eigenvalue weighted by Crippen LogP contribution is -2.60. The van der Waals surface area contributed by atoms with Crippen molar-refractivity contribution in [3.8, 4) is 0 Å². The molecular weight excluding hydrogens is 426 g/mol. The molecule has 1 atom stereocenters. The topological polar surface area (TPSA) is 23.6 Å². The zero-order valence-electron chi connectivity index (χ0n) is 15.4. The van der Waals surface area contributed by atoms with Crippen LogP contribution in [0.3, 0.4) is 0 Å². The lowest BCUT2D eigenvalue weighted by Gasteiger charge is -2.49. The highest BCUT2D eigenvalue weighted by Gasteiger charge is 2.47. The average molecular weight is 448 g/mol. The minimum absolute atomic E-state index is 0. The second-order valence-corrected chi connectivity index (χ2v) is 8.14. The minimum atomic E-state index is -0.834. The van der Waals surface area contributed by atoms with Crippen LogP contribution in [0.2, 0.25) is 15.1 Å². The number of benzene rings is 2. The number of rotatable bonds is 4. The fourth-order valence-electron chi connectivity index (χ4n) is 3.88. The zero-order valence-corrected chi connectivity index (χ0v) is 18.5. The van der Waals surface area contributed by atoms with Crippen LogP contribution in [0.1, 0.15) is 18.1 Å². The van der Waals surface area contributed by atoms with Gasteiger partial charge in [-0.2, -0.15) is 0 Å². The Morgan fingerprint density at radius 2 is 1.81 bits per heavy atom. The lowest BCUT2D eigenvalue weighted by molar-refractivity contribution is -0.123. The summed E-state index contributed by atoms with van der Waals surface area (Å²) in [4.78, 5) is 17.3. The number of fused-ring (bicyclic) bond motifs is 1. The minimum Gasteiger partial charge on any atom is -0.354 e. The summed E-state index contributed by atoms with van der Waals surface area (Å²) < 4.78 is 0. The van der Waals surface area contributed by atoms with Crippen molar-refractivity contribution in [3.63, 3.8) is 0 Å². The van der Waals surface area contributed by atoms with E-state index in [4.69, 9.17) is 34.8 Å². The standard InChI is InChI=1S/C20H21Cl3N2O.ClH/c1-13(26)20(12-24(2)3)16-5-4-6-17(21)15(16)9-10-25(20)14-7-8-18(22)19(23)11-14;/h4-8,11H,9-10,12H2,1-3H3;1H. The van der Waals surface area contributed by atoms with Gasteiger partial charge in [-0.25, -0.2) is 0 Å². The van der Waals surface area contributed by atoms with E-state index in [1.165, 1.54) is 0 Å². The third-order valence-electron chi connectivity index (χ3n) is 4.95. The van der Waals surface area contributed by atoms with Gasteiger partial charge in [-0.1, -0.05) is 46.9 Å². The molecule has 146 valence electrons. The SMILES string of the molecule is CC(=O)C1(CN(C)C)c2cccc(Cl)c2CCN1c1ccc(Cl)c(Cl)c1.Cl. The Morgan fingerprint density at radius 1 is 1.11 bits per heavy atom. The van der Waals surface area contributed by atoms with Gasteiger partial charge in [0.05, 0.1) is 10.0 Å². The Hall–Kier alpha value is -0.970. The van der Waals surface area contributed by atoms with E-state index in [2.05, 4.69) is 4.90 Å². The normalized spacial score (nSPS) is 18.9. The number of hydrogen-bond acceptors (Lipinski definition) is 3. The molecule has 7 heteroatoms. The van der Waals surface area contributed by atoms with Crippen molar-refractivity contribution in [2.75, 3.05) is 32.1 Å². The van der Waals surface area contributed by atoms with E-state index in [1.807, 2.05) is 49.3 Å². The Balaban J connectivity index is 0.00000261. The Morgan fingerprint density at radius 3 is 2.41 bits per heavy atom. The van der Waals surface area contributed by atoms with Crippen LogP contribution < -0.4 is 4.90 Å². The predicted molar refractivity (Wildman–Crippen MR) is 117 cm³/mol. The molecule has 0 aliphatic carbocycles. The van der Waals surface area contributed by atoms with Gasteiger partial charge >= 0.3 is 0 Å². The first-order chi connectivity index (χ1) is 12.3. The molecule has 1 aliphatic rings. The van der Waals surface area contributed by atoms with Gasteiger partial charge in [-0.15, -0.1) is 12.4 Å². The van der Waals surface area contributed by atoms with Gasteiger partial charge in [0, 0.05) is 23.8 Å². The second-order valence-electron chi connectivity index (χ2n) is 6.92. The third-order valence-corrected chi connectivity index (χ3v) is 6.05. The summed E-state index contributed by atoms with van der Waals surface area (Å²) in [6.07, 6.45) is 0.762. The Labute approximate surface area is 181 Å². The average Bonchev–Trinajstić information content (AvgIpc) is 2.57. The highest BCUT2D eigenvalue weighted by molar-refractivity contribution is 6.42. The van der Waals surface area contributed by atoms with E-state index in [0.29, 0.717) is 28.2 Å². The molecule has 0 spiro atoms. The van der Waals surface area contributed by atoms with Crippen LogP contribution in [0.4, 0.5) is 5.69 Å². The van der Waals surface area contributed by atoms with Crippen molar-refractivity contribution in [2.24, 2.45) is 0 Å². The van der Waals surface area contributed by atoms with Crippen molar-refractivity contribution >= 4 is 58.7 Å². The highest BCUT2D eigenvalue weighted by Crippen LogP contribution is 2.43. The van der Waals surface area contributed by atoms with E-state index in [1.54, 1.807) is 13.0 Å². The molecule has 0 radical (unpaired) electrons. The first-order valence-corrected chi connectivity index (χ1v) is 9.57. The number of nitrogens with zero attached hydrogens (tertiary/aromatic N) is 2. The fourth-order valence-corrected chi connectivity index (χ4v) is 4.44. The van der Waals surface area contributed by atoms with E-state index in [-0.39, 0.29) is 18.2 Å². The summed E-state index contributed by atoms with van der Waals surface area (Å²) in [6, 6.07) is 11.3. The zero-order chi connectivity index (χ0) is 19.1. The van der Waals surface area contributed by atoms with Crippen LogP contribution in [-0.4, -0.2) is 37.9 Å². The van der Waals surface area contributed by atoms with Crippen LogP contribution in [0.25, 0.3) is 0 Å². The quantitative estimate of drug-likeness (QED) is 0.620. The maximum Gasteiger partial charge on any atom is 0.161 e. The van der Waals surface area contributed by atoms with Gasteiger partial charge in [-0.3, -0.25) is 4.79 Å². The summed E-state index contributed by atoms with van der Waals surface area (Å²) in [7, 11) is 3.94. The summed E-state index contributed by atoms with van der Waals surface area (Å²) in [6.45, 7) is 2.85. The van der Waals surface area contributed by atoms with Crippen molar-refractivity contribution in [3.05, 3.63) is 62.6 Å². The smallest absolute Gasteiger partial charge is 0.161 e. The van der Waals surface area contributed by atoms with Crippen LogP contribution in [0.5, 0.6) is 0 Å². The van der Waals surface area contributed by atoms with Crippen LogP contribution in [0, 0.1) is 0 Å². The molecule has 3 nitrogen and oxygen atoms in total. The van der Waals surface area contributed by atoms with Crippen molar-refractivity contribution in [2.45, 2.75) is 18.9 Å². The number of Topliss-reactive ketones (excluding diaryl/α,β-unsaturated/α-hetero) is 1. The highest BCUT2D eigenvalue weighted by atomic mass is 35.5. The monoisotopic (exact) mass is 446 g/mol. The van der Waals surface area contributed by atoms with Gasteiger partial charge in [0.25, 0.3) is 0 Å². The van der Waals surface area contributed by atoms with Gasteiger partial charge in [-0.05, 0) is 62.8 Å². The molecule has 3 rings (SSSR count). The molecule has 1 unspecified atom stereocenters. The molecular formula is C20H22Cl4N2O. The lowest BCUT2D eigenvalue weighted by atomic mass is 9.77.